The molecule has 0 radical (unpaired) electrons. The minimum Gasteiger partial charge on any atom is -0.494 e. The van der Waals surface area contributed by atoms with Gasteiger partial charge in [-0.2, -0.15) is 0 Å². The molecule has 1 amide bonds. The van der Waals surface area contributed by atoms with Gasteiger partial charge < -0.3 is 15.8 Å². The van der Waals surface area contributed by atoms with Crippen LogP contribution in [0.4, 0.5) is 5.69 Å². The van der Waals surface area contributed by atoms with Crippen LogP contribution in [-0.2, 0) is 0 Å². The maximum absolute atomic E-state index is 12.0. The lowest BCUT2D eigenvalue weighted by Gasteiger charge is -2.33. The maximum atomic E-state index is 12.0. The van der Waals surface area contributed by atoms with Gasteiger partial charge in [0.05, 0.1) is 6.61 Å². The minimum absolute atomic E-state index is 0.0693. The van der Waals surface area contributed by atoms with Crippen molar-refractivity contribution < 1.29 is 9.53 Å². The van der Waals surface area contributed by atoms with Crippen LogP contribution in [0.15, 0.2) is 18.2 Å². The van der Waals surface area contributed by atoms with E-state index in [9.17, 15) is 4.79 Å². The van der Waals surface area contributed by atoms with E-state index in [1.807, 2.05) is 6.92 Å². The predicted octanol–water partition coefficient (Wildman–Crippen LogP) is 2.20. The molecule has 0 aliphatic heterocycles. The number of nitrogens with two attached hydrogens (primary N) is 1. The van der Waals surface area contributed by atoms with E-state index in [-0.39, 0.29) is 5.91 Å². The van der Waals surface area contributed by atoms with Crippen LogP contribution in [0, 0.1) is 5.92 Å². The molecule has 0 aromatic heterocycles. The lowest BCUT2D eigenvalue weighted by atomic mass is 9.82. The van der Waals surface area contributed by atoms with E-state index >= 15 is 0 Å². The van der Waals surface area contributed by atoms with Crippen LogP contribution in [0.25, 0.3) is 0 Å². The van der Waals surface area contributed by atoms with Crippen molar-refractivity contribution in [2.24, 2.45) is 5.92 Å². The van der Waals surface area contributed by atoms with Crippen LogP contribution in [0.3, 0.4) is 0 Å². The molecule has 98 valence electrons. The molecule has 0 heterocycles. The maximum Gasteiger partial charge on any atom is 0.251 e. The number of carbonyl (C=O) groups is 1. The molecule has 1 aliphatic rings. The van der Waals surface area contributed by atoms with Gasteiger partial charge in [0.2, 0.25) is 0 Å². The van der Waals surface area contributed by atoms with Crippen molar-refractivity contribution in [2.45, 2.75) is 32.7 Å². The van der Waals surface area contributed by atoms with Crippen molar-refractivity contribution in [1.82, 2.24) is 5.32 Å². The van der Waals surface area contributed by atoms with Crippen LogP contribution in [0.5, 0.6) is 5.75 Å². The second kappa shape index (κ2) is 5.29. The summed E-state index contributed by atoms with van der Waals surface area (Å²) in [5.41, 5.74) is 6.88. The number of nitrogens with one attached hydrogen (secondary N) is 1. The summed E-state index contributed by atoms with van der Waals surface area (Å²) in [5, 5.41) is 3.01. The van der Waals surface area contributed by atoms with Gasteiger partial charge in [-0.15, -0.1) is 0 Å². The topological polar surface area (TPSA) is 64.3 Å². The molecule has 0 unspecified atom stereocenters. The van der Waals surface area contributed by atoms with Gasteiger partial charge >= 0.3 is 0 Å². The van der Waals surface area contributed by atoms with Crippen LogP contribution in [-0.4, -0.2) is 18.6 Å². The summed E-state index contributed by atoms with van der Waals surface area (Å²) in [6.45, 7) is 4.65. The number of anilines is 1. The molecule has 1 saturated carbocycles. The molecule has 3 N–H and O–H groups in total. The Labute approximate surface area is 108 Å². The molecule has 2 rings (SSSR count). The quantitative estimate of drug-likeness (QED) is 0.803. The van der Waals surface area contributed by atoms with Crippen molar-refractivity contribution >= 4 is 11.6 Å². The Morgan fingerprint density at radius 2 is 2.17 bits per heavy atom. The minimum atomic E-state index is -0.0693. The SMILES string of the molecule is CCOc1cc(N)cc(C(=O)NC2CC(C)C2)c1. The number of hydrogen-bond acceptors (Lipinski definition) is 3. The Hall–Kier alpha value is -1.71. The summed E-state index contributed by atoms with van der Waals surface area (Å²) in [7, 11) is 0. The van der Waals surface area contributed by atoms with Gasteiger partial charge in [0.25, 0.3) is 5.91 Å². The zero-order valence-corrected chi connectivity index (χ0v) is 10.9. The van der Waals surface area contributed by atoms with Crippen LogP contribution < -0.4 is 15.8 Å². The van der Waals surface area contributed by atoms with Crippen LogP contribution in [0.1, 0.15) is 37.0 Å². The molecule has 0 spiro atoms. The molecule has 1 fully saturated rings. The van der Waals surface area contributed by atoms with Crippen LogP contribution >= 0.6 is 0 Å². The molecule has 0 bridgehead atoms. The molecule has 1 aromatic carbocycles. The fourth-order valence-corrected chi connectivity index (χ4v) is 2.29. The molecule has 18 heavy (non-hydrogen) atoms. The van der Waals surface area contributed by atoms with E-state index in [0.717, 1.165) is 18.8 Å². The second-order valence-electron chi connectivity index (χ2n) is 4.97. The fourth-order valence-electron chi connectivity index (χ4n) is 2.29. The highest BCUT2D eigenvalue weighted by Gasteiger charge is 2.26. The lowest BCUT2D eigenvalue weighted by molar-refractivity contribution is 0.0895. The highest BCUT2D eigenvalue weighted by Crippen LogP contribution is 2.27. The van der Waals surface area contributed by atoms with Gasteiger partial charge in [-0.05, 0) is 37.8 Å². The summed E-state index contributed by atoms with van der Waals surface area (Å²) in [5.74, 6) is 1.29. The van der Waals surface area contributed by atoms with Gasteiger partial charge in [-0.3, -0.25) is 4.79 Å². The zero-order chi connectivity index (χ0) is 13.1. The highest BCUT2D eigenvalue weighted by molar-refractivity contribution is 5.95. The first-order valence-corrected chi connectivity index (χ1v) is 6.42. The lowest BCUT2D eigenvalue weighted by Crippen LogP contribution is -2.43. The average molecular weight is 248 g/mol. The molecule has 4 nitrogen and oxygen atoms in total. The number of amides is 1. The third kappa shape index (κ3) is 2.94. The van der Waals surface area contributed by atoms with Crippen molar-refractivity contribution in [3.63, 3.8) is 0 Å². The van der Waals surface area contributed by atoms with E-state index in [0.29, 0.717) is 29.6 Å². The molecule has 0 atom stereocenters. The molecule has 4 heteroatoms. The van der Waals surface area contributed by atoms with Crippen molar-refractivity contribution in [3.8, 4) is 5.75 Å². The van der Waals surface area contributed by atoms with E-state index in [4.69, 9.17) is 10.5 Å². The Kier molecular flexibility index (Phi) is 3.75. The summed E-state index contributed by atoms with van der Waals surface area (Å²) in [6.07, 6.45) is 2.12. The fraction of sp³-hybridized carbons (Fsp3) is 0.500. The smallest absolute Gasteiger partial charge is 0.251 e. The van der Waals surface area contributed by atoms with Gasteiger partial charge in [-0.25, -0.2) is 0 Å². The molecular formula is C14H20N2O2. The predicted molar refractivity (Wildman–Crippen MR) is 71.7 cm³/mol. The number of carbonyl (C=O) groups excluding carboxylic acids is 1. The van der Waals surface area contributed by atoms with Crippen molar-refractivity contribution in [3.05, 3.63) is 23.8 Å². The molecule has 1 aliphatic carbocycles. The van der Waals surface area contributed by atoms with E-state index in [1.165, 1.54) is 0 Å². The number of benzene rings is 1. The monoisotopic (exact) mass is 248 g/mol. The number of rotatable bonds is 4. The summed E-state index contributed by atoms with van der Waals surface area (Å²) in [6, 6.07) is 5.45. The number of hydrogen-bond donors (Lipinski definition) is 2. The first-order valence-electron chi connectivity index (χ1n) is 6.42. The second-order valence-corrected chi connectivity index (χ2v) is 4.97. The van der Waals surface area contributed by atoms with Gasteiger partial charge in [0.15, 0.2) is 0 Å². The molecule has 1 aromatic rings. The largest absolute Gasteiger partial charge is 0.494 e. The van der Waals surface area contributed by atoms with Gasteiger partial charge in [0.1, 0.15) is 5.75 Å². The Balaban J connectivity index is 2.04. The Morgan fingerprint density at radius 3 is 2.78 bits per heavy atom. The normalized spacial score (nSPS) is 22.1. The highest BCUT2D eigenvalue weighted by atomic mass is 16.5. The molecular weight excluding hydrogens is 228 g/mol. The number of nitrogen functional groups attached to an aromatic ring is 1. The van der Waals surface area contributed by atoms with Crippen molar-refractivity contribution in [1.29, 1.82) is 0 Å². The van der Waals surface area contributed by atoms with Gasteiger partial charge in [0, 0.05) is 23.4 Å². The van der Waals surface area contributed by atoms with Crippen LogP contribution in [0.2, 0.25) is 0 Å². The van der Waals surface area contributed by atoms with E-state index in [2.05, 4.69) is 12.2 Å². The molecule has 0 saturated heterocycles. The first-order chi connectivity index (χ1) is 8.58. The first kappa shape index (κ1) is 12.7. The average Bonchev–Trinajstić information content (AvgIpc) is 2.26. The Bertz CT molecular complexity index is 439. The number of ether oxygens (including phenoxy) is 1. The van der Waals surface area contributed by atoms with E-state index in [1.54, 1.807) is 18.2 Å². The standard InChI is InChI=1S/C14H20N2O2/c1-3-18-13-7-10(6-11(15)8-13)14(17)16-12-4-9(2)5-12/h6-9,12H,3-5,15H2,1-2H3,(H,16,17). The van der Waals surface area contributed by atoms with E-state index < -0.39 is 0 Å². The third-order valence-electron chi connectivity index (χ3n) is 3.21. The zero-order valence-electron chi connectivity index (χ0n) is 10.9. The Morgan fingerprint density at radius 1 is 1.44 bits per heavy atom. The summed E-state index contributed by atoms with van der Waals surface area (Å²) < 4.78 is 5.38. The third-order valence-corrected chi connectivity index (χ3v) is 3.21. The summed E-state index contributed by atoms with van der Waals surface area (Å²) >= 11 is 0. The van der Waals surface area contributed by atoms with Crippen molar-refractivity contribution in [2.75, 3.05) is 12.3 Å². The summed E-state index contributed by atoms with van der Waals surface area (Å²) in [4.78, 5) is 12.0. The van der Waals surface area contributed by atoms with Gasteiger partial charge in [-0.1, -0.05) is 6.92 Å².